The molecule has 2 fully saturated rings. The van der Waals surface area contributed by atoms with Crippen molar-refractivity contribution in [2.75, 3.05) is 13.1 Å². The number of fused-ring (bicyclic) bond motifs is 1. The Balaban J connectivity index is 1.38. The summed E-state index contributed by atoms with van der Waals surface area (Å²) in [6.07, 6.45) is 8.99. The third-order valence-corrected chi connectivity index (χ3v) is 7.34. The van der Waals surface area contributed by atoms with Gasteiger partial charge < -0.3 is 14.8 Å². The number of amides is 2. The lowest BCUT2D eigenvalue weighted by atomic mass is 9.99. The van der Waals surface area contributed by atoms with E-state index in [9.17, 15) is 14.4 Å². The topological polar surface area (TPSA) is 99.3 Å². The van der Waals surface area contributed by atoms with Crippen LogP contribution >= 0.6 is 0 Å². The Hall–Kier alpha value is -3.03. The van der Waals surface area contributed by atoms with Crippen LogP contribution in [0.4, 0.5) is 0 Å². The zero-order valence-electron chi connectivity index (χ0n) is 19.2. The smallest absolute Gasteiger partial charge is 0.256 e. The number of likely N-dealkylation sites (tertiary alicyclic amines) is 1. The molecule has 8 nitrogen and oxygen atoms in total. The zero-order chi connectivity index (χ0) is 22.9. The number of H-pyrrole nitrogens is 1. The first-order valence-electron chi connectivity index (χ1n) is 12.2. The molecule has 1 N–H and O–H groups in total. The quantitative estimate of drug-likeness (QED) is 0.777. The standard InChI is InChI=1S/C25H31N5O3/c1-16-9-10-18(14-26-16)25(33)30-12-5-4-8-21(30)22-27-20-11-13-29(15-19(20)23(31)28-22)24(32)17-6-2-3-7-17/h9-10,14,17,21H,2-8,11-13,15H2,1H3,(H,27,28,31)/t21-/m0/s1. The molecule has 0 spiro atoms. The highest BCUT2D eigenvalue weighted by Crippen LogP contribution is 2.31. The molecule has 1 atom stereocenters. The molecule has 2 amide bonds. The lowest BCUT2D eigenvalue weighted by Crippen LogP contribution is -2.43. The van der Waals surface area contributed by atoms with Gasteiger partial charge in [-0.05, 0) is 51.2 Å². The Kier molecular flexibility index (Phi) is 6.00. The highest BCUT2D eigenvalue weighted by molar-refractivity contribution is 5.94. The number of hydrogen-bond donors (Lipinski definition) is 1. The van der Waals surface area contributed by atoms with Crippen molar-refractivity contribution in [2.45, 2.75) is 70.9 Å². The summed E-state index contributed by atoms with van der Waals surface area (Å²) in [6.45, 7) is 3.44. The van der Waals surface area contributed by atoms with Gasteiger partial charge in [0.15, 0.2) is 0 Å². The zero-order valence-corrected chi connectivity index (χ0v) is 19.2. The van der Waals surface area contributed by atoms with Crippen LogP contribution in [0.15, 0.2) is 23.1 Å². The van der Waals surface area contributed by atoms with Gasteiger partial charge in [0.05, 0.1) is 29.4 Å². The number of piperidine rings is 1. The second-order valence-electron chi connectivity index (χ2n) is 9.57. The molecule has 2 aromatic rings. The van der Waals surface area contributed by atoms with Crippen molar-refractivity contribution in [2.24, 2.45) is 5.92 Å². The van der Waals surface area contributed by atoms with Crippen LogP contribution in [0.1, 0.15) is 84.1 Å². The third-order valence-electron chi connectivity index (χ3n) is 7.34. The van der Waals surface area contributed by atoms with Crippen LogP contribution in [0.25, 0.3) is 0 Å². The summed E-state index contributed by atoms with van der Waals surface area (Å²) in [4.78, 5) is 54.8. The average molecular weight is 450 g/mol. The first-order valence-corrected chi connectivity index (χ1v) is 12.2. The first-order chi connectivity index (χ1) is 16.0. The minimum atomic E-state index is -0.260. The van der Waals surface area contributed by atoms with Crippen molar-refractivity contribution in [1.29, 1.82) is 0 Å². The van der Waals surface area contributed by atoms with Gasteiger partial charge in [-0.1, -0.05) is 12.8 Å². The molecule has 1 saturated heterocycles. The second-order valence-corrected chi connectivity index (χ2v) is 9.57. The fraction of sp³-hybridized carbons (Fsp3) is 0.560. The van der Waals surface area contributed by atoms with Gasteiger partial charge in [0.1, 0.15) is 5.82 Å². The van der Waals surface area contributed by atoms with Crippen molar-refractivity contribution in [3.05, 3.63) is 57.0 Å². The SMILES string of the molecule is Cc1ccc(C(=O)N2CCCC[C@H]2c2nc3c(c(=O)[nH]2)CN(C(=O)C2CCCC2)CC3)cn1. The molecule has 5 rings (SSSR count). The summed E-state index contributed by atoms with van der Waals surface area (Å²) in [5.41, 5.74) is 2.58. The molecular formula is C25H31N5O3. The van der Waals surface area contributed by atoms with Crippen LogP contribution in [0.3, 0.4) is 0 Å². The van der Waals surface area contributed by atoms with Gasteiger partial charge in [0.2, 0.25) is 5.91 Å². The van der Waals surface area contributed by atoms with Gasteiger partial charge in [0, 0.05) is 37.3 Å². The molecule has 33 heavy (non-hydrogen) atoms. The van der Waals surface area contributed by atoms with Crippen molar-refractivity contribution < 1.29 is 9.59 Å². The highest BCUT2D eigenvalue weighted by atomic mass is 16.2. The molecule has 2 aromatic heterocycles. The van der Waals surface area contributed by atoms with Crippen LogP contribution in [-0.2, 0) is 17.8 Å². The van der Waals surface area contributed by atoms with E-state index in [0.29, 0.717) is 43.0 Å². The molecule has 174 valence electrons. The molecule has 1 saturated carbocycles. The number of carbonyl (C=O) groups excluding carboxylic acids is 2. The van der Waals surface area contributed by atoms with Gasteiger partial charge in [-0.3, -0.25) is 19.4 Å². The van der Waals surface area contributed by atoms with Gasteiger partial charge >= 0.3 is 0 Å². The fourth-order valence-corrected chi connectivity index (χ4v) is 5.44. The van der Waals surface area contributed by atoms with Crippen LogP contribution in [0.5, 0.6) is 0 Å². The molecular weight excluding hydrogens is 418 g/mol. The van der Waals surface area contributed by atoms with Gasteiger partial charge in [-0.2, -0.15) is 0 Å². The third kappa shape index (κ3) is 4.30. The van der Waals surface area contributed by atoms with E-state index < -0.39 is 0 Å². The summed E-state index contributed by atoms with van der Waals surface area (Å²) in [5, 5.41) is 0. The molecule has 0 radical (unpaired) electrons. The Labute approximate surface area is 193 Å². The Morgan fingerprint density at radius 3 is 2.61 bits per heavy atom. The minimum Gasteiger partial charge on any atom is -0.337 e. The van der Waals surface area contributed by atoms with Crippen molar-refractivity contribution in [1.82, 2.24) is 24.8 Å². The van der Waals surface area contributed by atoms with Crippen LogP contribution in [0.2, 0.25) is 0 Å². The van der Waals surface area contributed by atoms with E-state index in [1.54, 1.807) is 12.3 Å². The predicted molar refractivity (Wildman–Crippen MR) is 123 cm³/mol. The number of nitrogens with zero attached hydrogens (tertiary/aromatic N) is 4. The largest absolute Gasteiger partial charge is 0.337 e. The fourth-order valence-electron chi connectivity index (χ4n) is 5.44. The Morgan fingerprint density at radius 2 is 1.85 bits per heavy atom. The predicted octanol–water partition coefficient (Wildman–Crippen LogP) is 2.92. The van der Waals surface area contributed by atoms with E-state index in [-0.39, 0.29) is 29.3 Å². The van der Waals surface area contributed by atoms with E-state index in [1.807, 2.05) is 22.8 Å². The maximum Gasteiger partial charge on any atom is 0.256 e. The normalized spacial score (nSPS) is 21.2. The summed E-state index contributed by atoms with van der Waals surface area (Å²) >= 11 is 0. The van der Waals surface area contributed by atoms with Crippen molar-refractivity contribution in [3.63, 3.8) is 0 Å². The van der Waals surface area contributed by atoms with Gasteiger partial charge in [-0.15, -0.1) is 0 Å². The average Bonchev–Trinajstić information content (AvgIpc) is 3.38. The van der Waals surface area contributed by atoms with Crippen LogP contribution < -0.4 is 5.56 Å². The lowest BCUT2D eigenvalue weighted by Gasteiger charge is -2.36. The van der Waals surface area contributed by atoms with Crippen LogP contribution in [-0.4, -0.2) is 49.7 Å². The van der Waals surface area contributed by atoms with E-state index >= 15 is 0 Å². The molecule has 1 aliphatic carbocycles. The number of rotatable bonds is 3. The number of aromatic nitrogens is 3. The second kappa shape index (κ2) is 9.08. The molecule has 4 heterocycles. The molecule has 0 unspecified atom stereocenters. The molecule has 8 heteroatoms. The summed E-state index contributed by atoms with van der Waals surface area (Å²) in [5.74, 6) is 0.761. The lowest BCUT2D eigenvalue weighted by molar-refractivity contribution is -0.136. The number of hydrogen-bond acceptors (Lipinski definition) is 5. The maximum absolute atomic E-state index is 13.2. The van der Waals surface area contributed by atoms with E-state index in [0.717, 1.165) is 56.3 Å². The van der Waals surface area contributed by atoms with E-state index in [2.05, 4.69) is 9.97 Å². The summed E-state index contributed by atoms with van der Waals surface area (Å²) < 4.78 is 0. The van der Waals surface area contributed by atoms with E-state index in [1.165, 1.54) is 0 Å². The number of carbonyl (C=O) groups is 2. The molecule has 2 aliphatic heterocycles. The Morgan fingerprint density at radius 1 is 1.06 bits per heavy atom. The summed E-state index contributed by atoms with van der Waals surface area (Å²) in [6, 6.07) is 3.38. The number of aryl methyl sites for hydroxylation is 1. The summed E-state index contributed by atoms with van der Waals surface area (Å²) in [7, 11) is 0. The van der Waals surface area contributed by atoms with Gasteiger partial charge in [0.25, 0.3) is 11.5 Å². The molecule has 0 aromatic carbocycles. The minimum absolute atomic E-state index is 0.0825. The molecule has 3 aliphatic rings. The molecule has 0 bridgehead atoms. The van der Waals surface area contributed by atoms with Crippen LogP contribution in [0, 0.1) is 12.8 Å². The van der Waals surface area contributed by atoms with E-state index in [4.69, 9.17) is 4.98 Å². The number of aromatic amines is 1. The van der Waals surface area contributed by atoms with Gasteiger partial charge in [-0.25, -0.2) is 4.98 Å². The first kappa shape index (κ1) is 21.8. The van der Waals surface area contributed by atoms with Crippen molar-refractivity contribution in [3.8, 4) is 0 Å². The highest BCUT2D eigenvalue weighted by Gasteiger charge is 2.34. The monoisotopic (exact) mass is 449 g/mol. The van der Waals surface area contributed by atoms with Crippen molar-refractivity contribution >= 4 is 11.8 Å². The number of pyridine rings is 1. The number of nitrogens with one attached hydrogen (secondary N) is 1. The Bertz CT molecular complexity index is 1100. The maximum atomic E-state index is 13.2.